The molecule has 124 valence electrons. The minimum atomic E-state index is -3.67. The number of methoxy groups -OCH3 is 1. The van der Waals surface area contributed by atoms with Crippen LogP contribution < -0.4 is 9.46 Å². The van der Waals surface area contributed by atoms with Crippen LogP contribution in [0.25, 0.3) is 0 Å². The number of nitrogens with one attached hydrogen (secondary N) is 1. The van der Waals surface area contributed by atoms with Crippen LogP contribution in [0.2, 0.25) is 0 Å². The van der Waals surface area contributed by atoms with Crippen molar-refractivity contribution >= 4 is 19.9 Å². The number of sulfone groups is 1. The predicted molar refractivity (Wildman–Crippen MR) is 84.3 cm³/mol. The number of rotatable bonds is 6. The SMILES string of the molecule is COc1ccc(C)cc1S(=O)(=O)NCCC1CCS(=O)(=O)C1. The van der Waals surface area contributed by atoms with Crippen LogP contribution in [-0.4, -0.2) is 42.0 Å². The number of hydrogen-bond acceptors (Lipinski definition) is 5. The summed E-state index contributed by atoms with van der Waals surface area (Å²) in [4.78, 5) is 0.106. The van der Waals surface area contributed by atoms with Gasteiger partial charge in [0.25, 0.3) is 0 Å². The van der Waals surface area contributed by atoms with E-state index in [9.17, 15) is 16.8 Å². The lowest BCUT2D eigenvalue weighted by molar-refractivity contribution is 0.402. The highest BCUT2D eigenvalue weighted by molar-refractivity contribution is 7.91. The summed E-state index contributed by atoms with van der Waals surface area (Å²) in [5.41, 5.74) is 0.822. The van der Waals surface area contributed by atoms with E-state index in [0.717, 1.165) is 5.56 Å². The van der Waals surface area contributed by atoms with Crippen molar-refractivity contribution in [2.45, 2.75) is 24.7 Å². The van der Waals surface area contributed by atoms with Crippen LogP contribution >= 0.6 is 0 Å². The lowest BCUT2D eigenvalue weighted by atomic mass is 10.1. The number of ether oxygens (including phenoxy) is 1. The maximum absolute atomic E-state index is 12.4. The first-order valence-corrected chi connectivity index (χ1v) is 10.4. The van der Waals surface area contributed by atoms with Crippen LogP contribution in [0.1, 0.15) is 18.4 Å². The molecule has 1 heterocycles. The molecule has 1 aromatic carbocycles. The van der Waals surface area contributed by atoms with Gasteiger partial charge in [-0.3, -0.25) is 0 Å². The molecule has 0 radical (unpaired) electrons. The summed E-state index contributed by atoms with van der Waals surface area (Å²) >= 11 is 0. The van der Waals surface area contributed by atoms with Gasteiger partial charge in [-0.15, -0.1) is 0 Å². The van der Waals surface area contributed by atoms with E-state index in [-0.39, 0.29) is 28.9 Å². The molecule has 1 saturated heterocycles. The van der Waals surface area contributed by atoms with Gasteiger partial charge in [-0.2, -0.15) is 0 Å². The molecule has 1 aliphatic rings. The Kier molecular flexibility index (Phi) is 5.14. The Morgan fingerprint density at radius 3 is 2.68 bits per heavy atom. The van der Waals surface area contributed by atoms with Crippen LogP contribution in [-0.2, 0) is 19.9 Å². The van der Waals surface area contributed by atoms with Gasteiger partial charge < -0.3 is 4.74 Å². The Morgan fingerprint density at radius 1 is 1.36 bits per heavy atom. The minimum Gasteiger partial charge on any atom is -0.495 e. The maximum Gasteiger partial charge on any atom is 0.244 e. The van der Waals surface area contributed by atoms with Gasteiger partial charge in [0.1, 0.15) is 10.6 Å². The molecule has 6 nitrogen and oxygen atoms in total. The standard InChI is InChI=1S/C14H21NO5S2/c1-11-3-4-13(20-2)14(9-11)22(18,19)15-7-5-12-6-8-21(16,17)10-12/h3-4,9,12,15H,5-8,10H2,1-2H3. The first-order chi connectivity index (χ1) is 10.2. The molecule has 1 N–H and O–H groups in total. The van der Waals surface area contributed by atoms with Gasteiger partial charge in [-0.25, -0.2) is 21.6 Å². The zero-order valence-electron chi connectivity index (χ0n) is 12.7. The average molecular weight is 347 g/mol. The molecule has 2 rings (SSSR count). The van der Waals surface area contributed by atoms with Crippen LogP contribution in [0.5, 0.6) is 5.75 Å². The Bertz CT molecular complexity index is 740. The van der Waals surface area contributed by atoms with Gasteiger partial charge >= 0.3 is 0 Å². The summed E-state index contributed by atoms with van der Waals surface area (Å²) < 4.78 is 55.1. The Balaban J connectivity index is 2.01. The van der Waals surface area contributed by atoms with Gasteiger partial charge in [-0.05, 0) is 43.4 Å². The predicted octanol–water partition coefficient (Wildman–Crippen LogP) is 1.11. The number of aryl methyl sites for hydroxylation is 1. The zero-order chi connectivity index (χ0) is 16.4. The van der Waals surface area contributed by atoms with E-state index >= 15 is 0 Å². The quantitative estimate of drug-likeness (QED) is 0.832. The topological polar surface area (TPSA) is 89.5 Å². The molecule has 0 spiro atoms. The monoisotopic (exact) mass is 347 g/mol. The van der Waals surface area contributed by atoms with E-state index in [1.165, 1.54) is 7.11 Å². The molecule has 1 aromatic rings. The van der Waals surface area contributed by atoms with Gasteiger partial charge in [-0.1, -0.05) is 6.07 Å². The number of sulfonamides is 1. The normalized spacial score (nSPS) is 20.9. The van der Waals surface area contributed by atoms with Crippen molar-refractivity contribution in [1.82, 2.24) is 4.72 Å². The third-order valence-corrected chi connectivity index (χ3v) is 7.10. The van der Waals surface area contributed by atoms with Crippen LogP contribution in [0.3, 0.4) is 0 Å². The fourth-order valence-electron chi connectivity index (χ4n) is 2.57. The number of benzene rings is 1. The minimum absolute atomic E-state index is 0.0344. The van der Waals surface area contributed by atoms with E-state index in [2.05, 4.69) is 4.72 Å². The van der Waals surface area contributed by atoms with Gasteiger partial charge in [0.2, 0.25) is 10.0 Å². The van der Waals surface area contributed by atoms with Crippen LogP contribution in [0.4, 0.5) is 0 Å². The molecular formula is C14H21NO5S2. The third kappa shape index (κ3) is 4.21. The van der Waals surface area contributed by atoms with Gasteiger partial charge in [0.05, 0.1) is 18.6 Å². The zero-order valence-corrected chi connectivity index (χ0v) is 14.3. The summed E-state index contributed by atoms with van der Waals surface area (Å²) in [6.45, 7) is 2.03. The lowest BCUT2D eigenvalue weighted by Gasteiger charge is -2.12. The molecular weight excluding hydrogens is 326 g/mol. The summed E-state index contributed by atoms with van der Waals surface area (Å²) in [6.07, 6.45) is 1.13. The summed E-state index contributed by atoms with van der Waals surface area (Å²) in [5.74, 6) is 0.687. The van der Waals surface area contributed by atoms with Crippen molar-refractivity contribution in [1.29, 1.82) is 0 Å². The van der Waals surface area contributed by atoms with Crippen molar-refractivity contribution in [2.75, 3.05) is 25.2 Å². The smallest absolute Gasteiger partial charge is 0.244 e. The Morgan fingerprint density at radius 2 is 2.09 bits per heavy atom. The molecule has 0 aromatic heterocycles. The number of hydrogen-bond donors (Lipinski definition) is 1. The lowest BCUT2D eigenvalue weighted by Crippen LogP contribution is -2.27. The molecule has 0 bridgehead atoms. The highest BCUT2D eigenvalue weighted by atomic mass is 32.2. The van der Waals surface area contributed by atoms with E-state index in [0.29, 0.717) is 18.6 Å². The second-order valence-electron chi connectivity index (χ2n) is 5.61. The van der Waals surface area contributed by atoms with Crippen LogP contribution in [0.15, 0.2) is 23.1 Å². The molecule has 0 aliphatic carbocycles. The summed E-state index contributed by atoms with van der Waals surface area (Å²) in [5, 5.41) is 0. The molecule has 0 saturated carbocycles. The van der Waals surface area contributed by atoms with E-state index in [1.54, 1.807) is 18.2 Å². The third-order valence-electron chi connectivity index (χ3n) is 3.78. The largest absolute Gasteiger partial charge is 0.495 e. The molecule has 0 amide bonds. The summed E-state index contributed by atoms with van der Waals surface area (Å²) in [6, 6.07) is 4.95. The molecule has 8 heteroatoms. The second kappa shape index (κ2) is 6.55. The first kappa shape index (κ1) is 17.2. The van der Waals surface area contributed by atoms with E-state index < -0.39 is 19.9 Å². The van der Waals surface area contributed by atoms with Crippen molar-refractivity contribution < 1.29 is 21.6 Å². The van der Waals surface area contributed by atoms with Crippen molar-refractivity contribution in [3.63, 3.8) is 0 Å². The highest BCUT2D eigenvalue weighted by Crippen LogP contribution is 2.25. The molecule has 1 fully saturated rings. The van der Waals surface area contributed by atoms with Gasteiger partial charge in [0.15, 0.2) is 9.84 Å². The molecule has 1 atom stereocenters. The van der Waals surface area contributed by atoms with Crippen molar-refractivity contribution in [2.24, 2.45) is 5.92 Å². The summed E-state index contributed by atoms with van der Waals surface area (Å²) in [7, 11) is -5.17. The van der Waals surface area contributed by atoms with E-state index in [1.807, 2.05) is 6.92 Å². The average Bonchev–Trinajstić information content (AvgIpc) is 2.78. The second-order valence-corrected chi connectivity index (χ2v) is 9.57. The highest BCUT2D eigenvalue weighted by Gasteiger charge is 2.28. The Hall–Kier alpha value is -1.12. The molecule has 22 heavy (non-hydrogen) atoms. The van der Waals surface area contributed by atoms with Crippen molar-refractivity contribution in [3.8, 4) is 5.75 Å². The first-order valence-electron chi connectivity index (χ1n) is 7.08. The molecule has 1 unspecified atom stereocenters. The van der Waals surface area contributed by atoms with Gasteiger partial charge in [0, 0.05) is 6.54 Å². The Labute approximate surface area is 131 Å². The maximum atomic E-state index is 12.4. The van der Waals surface area contributed by atoms with Crippen LogP contribution in [0, 0.1) is 12.8 Å². The van der Waals surface area contributed by atoms with Crippen molar-refractivity contribution in [3.05, 3.63) is 23.8 Å². The van der Waals surface area contributed by atoms with E-state index in [4.69, 9.17) is 4.74 Å². The fraction of sp³-hybridized carbons (Fsp3) is 0.571. The molecule has 1 aliphatic heterocycles. The fourth-order valence-corrected chi connectivity index (χ4v) is 5.78.